The zero-order valence-corrected chi connectivity index (χ0v) is 9.15. The molecule has 0 fully saturated rings. The molecule has 0 radical (unpaired) electrons. The number of nitrogens with zero attached hydrogens (tertiary/aromatic N) is 2. The number of ether oxygens (including phenoxy) is 1. The minimum atomic E-state index is -0.416. The summed E-state index contributed by atoms with van der Waals surface area (Å²) in [6.45, 7) is 5.71. The van der Waals surface area contributed by atoms with Crippen LogP contribution in [0.2, 0.25) is 0 Å². The molecular formula is C10H15N3O2. The van der Waals surface area contributed by atoms with Gasteiger partial charge in [0.05, 0.1) is 12.3 Å². The summed E-state index contributed by atoms with van der Waals surface area (Å²) in [4.78, 5) is 19.5. The van der Waals surface area contributed by atoms with Gasteiger partial charge in [-0.1, -0.05) is 0 Å². The van der Waals surface area contributed by atoms with Gasteiger partial charge < -0.3 is 10.1 Å². The van der Waals surface area contributed by atoms with E-state index in [1.165, 1.54) is 0 Å². The summed E-state index contributed by atoms with van der Waals surface area (Å²) in [6, 6.07) is -0.416. The highest BCUT2D eigenvalue weighted by atomic mass is 16.5. The van der Waals surface area contributed by atoms with Gasteiger partial charge in [0.1, 0.15) is 11.9 Å². The molecule has 0 spiro atoms. The van der Waals surface area contributed by atoms with Crippen LogP contribution in [0.5, 0.6) is 0 Å². The van der Waals surface area contributed by atoms with Crippen LogP contribution in [0.1, 0.15) is 19.5 Å². The van der Waals surface area contributed by atoms with Gasteiger partial charge in [-0.3, -0.25) is 4.98 Å². The van der Waals surface area contributed by atoms with Crippen LogP contribution in [0.15, 0.2) is 12.4 Å². The van der Waals surface area contributed by atoms with Crippen molar-refractivity contribution in [1.82, 2.24) is 9.97 Å². The average Bonchev–Trinajstić information content (AvgIpc) is 2.21. The number of aromatic nitrogens is 2. The second-order valence-corrected chi connectivity index (χ2v) is 3.11. The first-order chi connectivity index (χ1) is 7.15. The Bertz CT molecular complexity index is 341. The number of anilines is 1. The molecule has 0 saturated heterocycles. The highest BCUT2D eigenvalue weighted by Gasteiger charge is 2.14. The predicted octanol–water partition coefficient (Wildman–Crippen LogP) is 1.15. The normalized spacial score (nSPS) is 11.9. The van der Waals surface area contributed by atoms with E-state index in [1.54, 1.807) is 26.2 Å². The molecule has 1 atom stereocenters. The summed E-state index contributed by atoms with van der Waals surface area (Å²) in [5.41, 5.74) is 0.758. The molecule has 1 aromatic heterocycles. The van der Waals surface area contributed by atoms with E-state index in [2.05, 4.69) is 15.3 Å². The van der Waals surface area contributed by atoms with Gasteiger partial charge in [0.15, 0.2) is 0 Å². The lowest BCUT2D eigenvalue weighted by atomic mass is 10.3. The molecule has 0 aliphatic heterocycles. The van der Waals surface area contributed by atoms with E-state index >= 15 is 0 Å². The highest BCUT2D eigenvalue weighted by Crippen LogP contribution is 2.08. The number of hydrogen-bond donors (Lipinski definition) is 1. The predicted molar refractivity (Wildman–Crippen MR) is 56.5 cm³/mol. The molecule has 82 valence electrons. The zero-order chi connectivity index (χ0) is 11.3. The molecule has 0 saturated carbocycles. The first-order valence-corrected chi connectivity index (χ1v) is 4.86. The van der Waals surface area contributed by atoms with Gasteiger partial charge >= 0.3 is 5.97 Å². The van der Waals surface area contributed by atoms with Crippen LogP contribution in [0.4, 0.5) is 5.82 Å². The Morgan fingerprint density at radius 1 is 1.53 bits per heavy atom. The first-order valence-electron chi connectivity index (χ1n) is 4.86. The van der Waals surface area contributed by atoms with E-state index in [4.69, 9.17) is 4.74 Å². The number of nitrogens with one attached hydrogen (secondary N) is 1. The fourth-order valence-corrected chi connectivity index (χ4v) is 1.08. The number of carbonyl (C=O) groups excluding carboxylic acids is 1. The fraction of sp³-hybridized carbons (Fsp3) is 0.500. The van der Waals surface area contributed by atoms with Crippen molar-refractivity contribution < 1.29 is 9.53 Å². The van der Waals surface area contributed by atoms with Gasteiger partial charge in [0.2, 0.25) is 0 Å². The molecule has 1 aromatic rings. The lowest BCUT2D eigenvalue weighted by molar-refractivity contribution is -0.143. The second kappa shape index (κ2) is 5.29. The molecule has 1 heterocycles. The topological polar surface area (TPSA) is 64.1 Å². The molecule has 1 N–H and O–H groups in total. The molecule has 1 unspecified atom stereocenters. The summed E-state index contributed by atoms with van der Waals surface area (Å²) in [5, 5.41) is 2.95. The number of esters is 1. The largest absolute Gasteiger partial charge is 0.464 e. The molecule has 0 aromatic carbocycles. The number of hydrogen-bond acceptors (Lipinski definition) is 5. The maximum Gasteiger partial charge on any atom is 0.328 e. The molecule has 5 heteroatoms. The standard InChI is InChI=1S/C10H15N3O2/c1-4-15-10(14)8(3)13-9-7(2)11-5-6-12-9/h5-6,8H,4H2,1-3H3,(H,12,13). The van der Waals surface area contributed by atoms with Crippen LogP contribution in [0.25, 0.3) is 0 Å². The summed E-state index contributed by atoms with van der Waals surface area (Å²) in [7, 11) is 0. The molecule has 15 heavy (non-hydrogen) atoms. The van der Waals surface area contributed by atoms with Crippen molar-refractivity contribution in [3.8, 4) is 0 Å². The Labute approximate surface area is 88.9 Å². The monoisotopic (exact) mass is 209 g/mol. The van der Waals surface area contributed by atoms with Gasteiger partial charge in [-0.25, -0.2) is 9.78 Å². The third-order valence-corrected chi connectivity index (χ3v) is 1.87. The quantitative estimate of drug-likeness (QED) is 0.753. The van der Waals surface area contributed by atoms with Crippen molar-refractivity contribution in [2.24, 2.45) is 0 Å². The molecule has 0 aliphatic carbocycles. The van der Waals surface area contributed by atoms with Gasteiger partial charge in [0, 0.05) is 12.4 Å². The Hall–Kier alpha value is -1.65. The van der Waals surface area contributed by atoms with Crippen molar-refractivity contribution in [2.45, 2.75) is 26.8 Å². The molecule has 0 aliphatic rings. The third kappa shape index (κ3) is 3.19. The van der Waals surface area contributed by atoms with Crippen molar-refractivity contribution in [3.63, 3.8) is 0 Å². The van der Waals surface area contributed by atoms with Crippen molar-refractivity contribution in [3.05, 3.63) is 18.1 Å². The summed E-state index contributed by atoms with van der Waals surface area (Å²) < 4.78 is 4.87. The van der Waals surface area contributed by atoms with E-state index in [1.807, 2.05) is 6.92 Å². The SMILES string of the molecule is CCOC(=O)C(C)Nc1nccnc1C. The maximum absolute atomic E-state index is 11.3. The van der Waals surface area contributed by atoms with Crippen LogP contribution in [-0.4, -0.2) is 28.6 Å². The van der Waals surface area contributed by atoms with E-state index < -0.39 is 6.04 Å². The minimum absolute atomic E-state index is 0.289. The molecule has 0 bridgehead atoms. The van der Waals surface area contributed by atoms with Gasteiger partial charge in [-0.15, -0.1) is 0 Å². The maximum atomic E-state index is 11.3. The molecule has 5 nitrogen and oxygen atoms in total. The van der Waals surface area contributed by atoms with E-state index in [0.29, 0.717) is 12.4 Å². The van der Waals surface area contributed by atoms with Crippen molar-refractivity contribution in [1.29, 1.82) is 0 Å². The van der Waals surface area contributed by atoms with Crippen LogP contribution in [0.3, 0.4) is 0 Å². The van der Waals surface area contributed by atoms with Crippen LogP contribution in [-0.2, 0) is 9.53 Å². The first kappa shape index (κ1) is 11.4. The minimum Gasteiger partial charge on any atom is -0.464 e. The van der Waals surface area contributed by atoms with Crippen LogP contribution < -0.4 is 5.32 Å². The Morgan fingerprint density at radius 3 is 2.80 bits per heavy atom. The number of carbonyl (C=O) groups is 1. The molecule has 0 amide bonds. The highest BCUT2D eigenvalue weighted by molar-refractivity contribution is 5.78. The number of rotatable bonds is 4. The summed E-state index contributed by atoms with van der Waals surface area (Å²) in [5.74, 6) is 0.320. The van der Waals surface area contributed by atoms with Crippen molar-refractivity contribution in [2.75, 3.05) is 11.9 Å². The Kier molecular flexibility index (Phi) is 4.03. The van der Waals surface area contributed by atoms with Gasteiger partial charge in [-0.05, 0) is 20.8 Å². The average molecular weight is 209 g/mol. The summed E-state index contributed by atoms with van der Waals surface area (Å²) >= 11 is 0. The van der Waals surface area contributed by atoms with E-state index in [0.717, 1.165) is 5.69 Å². The lowest BCUT2D eigenvalue weighted by Crippen LogP contribution is -2.29. The van der Waals surface area contributed by atoms with E-state index in [9.17, 15) is 4.79 Å². The lowest BCUT2D eigenvalue weighted by Gasteiger charge is -2.13. The second-order valence-electron chi connectivity index (χ2n) is 3.11. The van der Waals surface area contributed by atoms with Crippen molar-refractivity contribution >= 4 is 11.8 Å². The molecular weight excluding hydrogens is 194 g/mol. The Morgan fingerprint density at radius 2 is 2.20 bits per heavy atom. The van der Waals surface area contributed by atoms with Crippen LogP contribution in [0, 0.1) is 6.92 Å². The smallest absolute Gasteiger partial charge is 0.328 e. The summed E-state index contributed by atoms with van der Waals surface area (Å²) in [6.07, 6.45) is 3.18. The zero-order valence-electron chi connectivity index (χ0n) is 9.15. The molecule has 1 rings (SSSR count). The van der Waals surface area contributed by atoms with E-state index in [-0.39, 0.29) is 5.97 Å². The Balaban J connectivity index is 2.62. The van der Waals surface area contributed by atoms with Gasteiger partial charge in [-0.2, -0.15) is 0 Å². The third-order valence-electron chi connectivity index (χ3n) is 1.87. The fourth-order valence-electron chi connectivity index (χ4n) is 1.08. The van der Waals surface area contributed by atoms with Gasteiger partial charge in [0.25, 0.3) is 0 Å². The number of aryl methyl sites for hydroxylation is 1. The van der Waals surface area contributed by atoms with Crippen LogP contribution >= 0.6 is 0 Å².